The highest BCUT2D eigenvalue weighted by Crippen LogP contribution is 2.35. The number of carbonyl (C=O) groups excluding carboxylic acids is 1. The molecule has 0 aromatic carbocycles. The topological polar surface area (TPSA) is 65.8 Å². The van der Waals surface area contributed by atoms with Gasteiger partial charge < -0.3 is 14.6 Å². The predicted molar refractivity (Wildman–Crippen MR) is 135 cm³/mol. The third-order valence-corrected chi connectivity index (χ3v) is 6.01. The number of nitrogens with one attached hydrogen (secondary N) is 1. The van der Waals surface area contributed by atoms with Crippen LogP contribution < -0.4 is 15.1 Å². The maximum atomic E-state index is 14.5. The standard InChI is InChI=1S/C26H35FN6O/c1-6-7-8-12-31(17-26(3,4)5)22-9-11-28-23-20(22)10-13-33(23)25(34)30-19-14-21(27)24-29-18(2)15-32(24)16-19/h9,11,14-16H,6-8,10,12-13,17H2,1-5H3,(H,30,34). The number of halogens is 1. The molecule has 0 saturated heterocycles. The van der Waals surface area contributed by atoms with E-state index in [-0.39, 0.29) is 17.1 Å². The van der Waals surface area contributed by atoms with Gasteiger partial charge >= 0.3 is 6.03 Å². The normalized spacial score (nSPS) is 13.4. The van der Waals surface area contributed by atoms with Crippen molar-refractivity contribution in [2.45, 2.75) is 60.3 Å². The van der Waals surface area contributed by atoms with Crippen LogP contribution in [0.1, 0.15) is 58.2 Å². The molecule has 3 aromatic rings. The Balaban J connectivity index is 1.57. The second kappa shape index (κ2) is 9.60. The first kappa shape index (κ1) is 24.0. The Morgan fingerprint density at radius 1 is 1.26 bits per heavy atom. The minimum absolute atomic E-state index is 0.145. The number of aryl methyl sites for hydroxylation is 1. The van der Waals surface area contributed by atoms with Crippen molar-refractivity contribution in [2.75, 3.05) is 34.8 Å². The van der Waals surface area contributed by atoms with E-state index in [0.717, 1.165) is 37.2 Å². The Morgan fingerprint density at radius 2 is 2.06 bits per heavy atom. The summed E-state index contributed by atoms with van der Waals surface area (Å²) in [6.45, 7) is 13.2. The Kier molecular flexibility index (Phi) is 6.77. The summed E-state index contributed by atoms with van der Waals surface area (Å²) < 4.78 is 16.1. The maximum Gasteiger partial charge on any atom is 0.327 e. The summed E-state index contributed by atoms with van der Waals surface area (Å²) in [4.78, 5) is 26.0. The average Bonchev–Trinajstić information content (AvgIpc) is 3.35. The van der Waals surface area contributed by atoms with Gasteiger partial charge in [0.2, 0.25) is 0 Å². The lowest BCUT2D eigenvalue weighted by Gasteiger charge is -2.33. The molecule has 4 rings (SSSR count). The Hall–Kier alpha value is -3.16. The highest BCUT2D eigenvalue weighted by Gasteiger charge is 2.30. The Morgan fingerprint density at radius 3 is 2.79 bits per heavy atom. The molecule has 1 aliphatic rings. The van der Waals surface area contributed by atoms with E-state index in [9.17, 15) is 9.18 Å². The smallest absolute Gasteiger partial charge is 0.327 e. The van der Waals surface area contributed by atoms with Crippen LogP contribution >= 0.6 is 0 Å². The lowest BCUT2D eigenvalue weighted by Crippen LogP contribution is -2.35. The van der Waals surface area contributed by atoms with Crippen LogP contribution in [0.25, 0.3) is 5.65 Å². The number of unbranched alkanes of at least 4 members (excludes halogenated alkanes) is 2. The summed E-state index contributed by atoms with van der Waals surface area (Å²) >= 11 is 0. The minimum atomic E-state index is -0.474. The molecule has 0 aliphatic carbocycles. The first-order valence-corrected chi connectivity index (χ1v) is 12.1. The SMILES string of the molecule is CCCCCN(CC(C)(C)C)c1ccnc2c1CCN2C(=O)Nc1cc(F)c2nc(C)cn2c1. The van der Waals surface area contributed by atoms with Gasteiger partial charge in [-0.15, -0.1) is 0 Å². The van der Waals surface area contributed by atoms with Gasteiger partial charge in [0.15, 0.2) is 11.5 Å². The molecule has 182 valence electrons. The molecular formula is C26H35FN6O. The number of urea groups is 1. The number of imidazole rings is 1. The van der Waals surface area contributed by atoms with Crippen molar-refractivity contribution in [2.24, 2.45) is 5.41 Å². The van der Waals surface area contributed by atoms with Gasteiger partial charge in [-0.1, -0.05) is 40.5 Å². The zero-order chi connectivity index (χ0) is 24.5. The van der Waals surface area contributed by atoms with E-state index >= 15 is 0 Å². The summed E-state index contributed by atoms with van der Waals surface area (Å²) in [5.41, 5.74) is 3.75. The van der Waals surface area contributed by atoms with Gasteiger partial charge in [-0.05, 0) is 31.2 Å². The van der Waals surface area contributed by atoms with Gasteiger partial charge in [-0.25, -0.2) is 19.2 Å². The van der Waals surface area contributed by atoms with E-state index < -0.39 is 5.82 Å². The molecule has 0 radical (unpaired) electrons. The van der Waals surface area contributed by atoms with Crippen LogP contribution in [0.3, 0.4) is 0 Å². The molecule has 1 N–H and O–H groups in total. The van der Waals surface area contributed by atoms with Crippen LogP contribution in [0.15, 0.2) is 30.7 Å². The first-order valence-electron chi connectivity index (χ1n) is 12.1. The number of anilines is 3. The van der Waals surface area contributed by atoms with Crippen LogP contribution in [0.2, 0.25) is 0 Å². The summed E-state index contributed by atoms with van der Waals surface area (Å²) in [6.07, 6.45) is 9.45. The third kappa shape index (κ3) is 5.16. The number of fused-ring (bicyclic) bond motifs is 2. The first-order chi connectivity index (χ1) is 16.2. The molecule has 3 aromatic heterocycles. The fraction of sp³-hybridized carbons (Fsp3) is 0.500. The summed E-state index contributed by atoms with van der Waals surface area (Å²) in [7, 11) is 0. The molecule has 0 unspecified atom stereocenters. The van der Waals surface area contributed by atoms with Crippen LogP contribution in [0.5, 0.6) is 0 Å². The zero-order valence-corrected chi connectivity index (χ0v) is 20.9. The molecule has 0 spiro atoms. The highest BCUT2D eigenvalue weighted by molar-refractivity contribution is 6.03. The second-order valence-electron chi connectivity index (χ2n) is 10.3. The summed E-state index contributed by atoms with van der Waals surface area (Å²) in [6, 6.07) is 3.06. The number of rotatable bonds is 7. The van der Waals surface area contributed by atoms with E-state index in [0.29, 0.717) is 23.7 Å². The number of hydrogen-bond donors (Lipinski definition) is 1. The molecule has 0 saturated carbocycles. The van der Waals surface area contributed by atoms with Crippen molar-refractivity contribution in [3.05, 3.63) is 47.8 Å². The predicted octanol–water partition coefficient (Wildman–Crippen LogP) is 5.81. The van der Waals surface area contributed by atoms with Crippen LogP contribution in [0, 0.1) is 18.2 Å². The molecule has 34 heavy (non-hydrogen) atoms. The molecule has 0 fully saturated rings. The van der Waals surface area contributed by atoms with E-state index in [1.165, 1.54) is 18.9 Å². The van der Waals surface area contributed by atoms with E-state index in [1.807, 2.05) is 0 Å². The van der Waals surface area contributed by atoms with Crippen molar-refractivity contribution >= 4 is 28.9 Å². The minimum Gasteiger partial charge on any atom is -0.371 e. The molecule has 0 bridgehead atoms. The fourth-order valence-corrected chi connectivity index (χ4v) is 4.62. The van der Waals surface area contributed by atoms with Gasteiger partial charge in [-0.3, -0.25) is 4.90 Å². The van der Waals surface area contributed by atoms with E-state index in [4.69, 9.17) is 0 Å². The average molecular weight is 467 g/mol. The van der Waals surface area contributed by atoms with Gasteiger partial charge in [0.05, 0.1) is 11.4 Å². The van der Waals surface area contributed by atoms with Gasteiger partial charge in [0, 0.05) is 55.5 Å². The number of hydrogen-bond acceptors (Lipinski definition) is 4. The quantitative estimate of drug-likeness (QED) is 0.446. The lowest BCUT2D eigenvalue weighted by atomic mass is 9.95. The Labute approximate surface area is 201 Å². The van der Waals surface area contributed by atoms with Gasteiger partial charge in [0.25, 0.3) is 0 Å². The highest BCUT2D eigenvalue weighted by atomic mass is 19.1. The number of pyridine rings is 2. The molecule has 2 amide bonds. The summed E-state index contributed by atoms with van der Waals surface area (Å²) in [5.74, 6) is 0.211. The fourth-order valence-electron chi connectivity index (χ4n) is 4.62. The van der Waals surface area contributed by atoms with Gasteiger partial charge in [0.1, 0.15) is 5.82 Å². The van der Waals surface area contributed by atoms with Crippen molar-refractivity contribution in [3.8, 4) is 0 Å². The largest absolute Gasteiger partial charge is 0.371 e. The number of carbonyl (C=O) groups is 1. The van der Waals surface area contributed by atoms with Crippen LogP contribution in [-0.4, -0.2) is 40.0 Å². The zero-order valence-electron chi connectivity index (χ0n) is 20.9. The van der Waals surface area contributed by atoms with Crippen molar-refractivity contribution < 1.29 is 9.18 Å². The number of amides is 2. The lowest BCUT2D eigenvalue weighted by molar-refractivity contribution is 0.257. The third-order valence-electron chi connectivity index (χ3n) is 6.01. The molecule has 4 heterocycles. The van der Waals surface area contributed by atoms with Crippen LogP contribution in [0.4, 0.5) is 26.4 Å². The molecule has 7 nitrogen and oxygen atoms in total. The monoisotopic (exact) mass is 466 g/mol. The second-order valence-corrected chi connectivity index (χ2v) is 10.3. The Bertz CT molecular complexity index is 1180. The molecule has 8 heteroatoms. The maximum absolute atomic E-state index is 14.5. The number of nitrogens with zero attached hydrogens (tertiary/aromatic N) is 5. The molecular weight excluding hydrogens is 431 g/mol. The van der Waals surface area contributed by atoms with Gasteiger partial charge in [-0.2, -0.15) is 0 Å². The number of aromatic nitrogens is 3. The van der Waals surface area contributed by atoms with E-state index in [2.05, 4.69) is 53.9 Å². The van der Waals surface area contributed by atoms with Crippen molar-refractivity contribution in [1.29, 1.82) is 0 Å². The molecule has 1 aliphatic heterocycles. The van der Waals surface area contributed by atoms with Crippen LogP contribution in [-0.2, 0) is 6.42 Å². The molecule has 0 atom stereocenters. The van der Waals surface area contributed by atoms with E-state index in [1.54, 1.807) is 34.8 Å². The van der Waals surface area contributed by atoms with Crippen molar-refractivity contribution in [3.63, 3.8) is 0 Å². The summed E-state index contributed by atoms with van der Waals surface area (Å²) in [5, 5.41) is 2.84. The van der Waals surface area contributed by atoms with Crippen molar-refractivity contribution in [1.82, 2.24) is 14.4 Å².